The van der Waals surface area contributed by atoms with E-state index in [1.807, 2.05) is 12.1 Å². The van der Waals surface area contributed by atoms with E-state index in [-0.39, 0.29) is 5.75 Å². The van der Waals surface area contributed by atoms with Crippen LogP contribution in [0.15, 0.2) is 60.9 Å². The zero-order chi connectivity index (χ0) is 21.0. The van der Waals surface area contributed by atoms with Crippen molar-refractivity contribution >= 4 is 33.1 Å². The van der Waals surface area contributed by atoms with Crippen molar-refractivity contribution in [1.29, 1.82) is 0 Å². The molecule has 1 fully saturated rings. The second-order valence-electron chi connectivity index (χ2n) is 8.04. The van der Waals surface area contributed by atoms with Gasteiger partial charge in [-0.25, -0.2) is 9.97 Å². The summed E-state index contributed by atoms with van der Waals surface area (Å²) < 4.78 is 0.981. The van der Waals surface area contributed by atoms with E-state index in [2.05, 4.69) is 50.5 Å². The van der Waals surface area contributed by atoms with Crippen molar-refractivity contribution in [1.82, 2.24) is 14.9 Å². The maximum atomic E-state index is 10.1. The van der Waals surface area contributed by atoms with Crippen molar-refractivity contribution in [3.8, 4) is 16.2 Å². The molecule has 0 spiro atoms. The van der Waals surface area contributed by atoms with Crippen molar-refractivity contribution < 1.29 is 5.11 Å². The van der Waals surface area contributed by atoms with Gasteiger partial charge in [0, 0.05) is 11.4 Å². The predicted molar refractivity (Wildman–Crippen MR) is 128 cm³/mol. The highest BCUT2D eigenvalue weighted by atomic mass is 32.1. The summed E-state index contributed by atoms with van der Waals surface area (Å²) in [6, 6.07) is 18.2. The minimum absolute atomic E-state index is 0.200. The number of nitrogens with one attached hydrogen (secondary N) is 1. The van der Waals surface area contributed by atoms with E-state index in [1.165, 1.54) is 48.4 Å². The summed E-state index contributed by atoms with van der Waals surface area (Å²) in [5.74, 6) is 0.909. The first-order chi connectivity index (χ1) is 15.3. The fourth-order valence-corrected chi connectivity index (χ4v) is 5.16. The number of rotatable bonds is 6. The Morgan fingerprint density at radius 3 is 2.58 bits per heavy atom. The second-order valence-corrected chi connectivity index (χ2v) is 9.09. The number of aromatic hydroxyl groups is 1. The molecular formula is C25H26N4OS. The van der Waals surface area contributed by atoms with E-state index in [0.29, 0.717) is 11.5 Å². The molecule has 4 aromatic rings. The van der Waals surface area contributed by atoms with Gasteiger partial charge in [0.15, 0.2) is 5.82 Å². The number of phenols is 1. The first-order valence-corrected chi connectivity index (χ1v) is 11.7. The minimum Gasteiger partial charge on any atom is -0.506 e. The summed E-state index contributed by atoms with van der Waals surface area (Å²) in [5, 5.41) is 13.3. The number of hydrogen-bond acceptors (Lipinski definition) is 6. The highest BCUT2D eigenvalue weighted by molar-refractivity contribution is 7.22. The van der Waals surface area contributed by atoms with Gasteiger partial charge >= 0.3 is 0 Å². The number of nitrogens with zero attached hydrogens (tertiary/aromatic N) is 3. The summed E-state index contributed by atoms with van der Waals surface area (Å²) in [4.78, 5) is 12.6. The number of para-hydroxylation sites is 2. The van der Waals surface area contributed by atoms with Crippen LogP contribution in [0, 0.1) is 0 Å². The van der Waals surface area contributed by atoms with Crippen LogP contribution in [0.4, 0.5) is 11.5 Å². The highest BCUT2D eigenvalue weighted by Gasteiger charge is 2.13. The smallest absolute Gasteiger partial charge is 0.151 e. The quantitative estimate of drug-likeness (QED) is 0.377. The van der Waals surface area contributed by atoms with Crippen LogP contribution in [0.1, 0.15) is 24.8 Å². The summed E-state index contributed by atoms with van der Waals surface area (Å²) in [6.07, 6.45) is 6.73. The van der Waals surface area contributed by atoms with Crippen molar-refractivity contribution in [2.24, 2.45) is 0 Å². The Bertz CT molecular complexity index is 1170. The number of benzene rings is 2. The molecule has 3 heterocycles. The van der Waals surface area contributed by atoms with Gasteiger partial charge in [0.2, 0.25) is 0 Å². The molecule has 31 heavy (non-hydrogen) atoms. The van der Waals surface area contributed by atoms with Gasteiger partial charge in [-0.15, -0.1) is 11.3 Å². The normalized spacial score (nSPS) is 14.7. The van der Waals surface area contributed by atoms with Crippen molar-refractivity contribution in [2.75, 3.05) is 25.0 Å². The Balaban J connectivity index is 1.34. The van der Waals surface area contributed by atoms with Crippen molar-refractivity contribution in [2.45, 2.75) is 25.7 Å². The average molecular weight is 431 g/mol. The molecule has 0 atom stereocenters. The second kappa shape index (κ2) is 9.04. The molecule has 1 aliphatic heterocycles. The molecule has 0 saturated carbocycles. The van der Waals surface area contributed by atoms with E-state index in [9.17, 15) is 5.11 Å². The number of anilines is 2. The standard InChI is InChI=1S/C25H26N4OS/c30-22-7-3-2-6-20(22)28-25-24-21(26-17-27-25)16-23(31-24)19-10-8-18(9-11-19)12-15-29-13-4-1-5-14-29/h2-3,6-11,16-17,30H,1,4-5,12-15H2,(H,26,27,28). The van der Waals surface area contributed by atoms with Crippen LogP contribution >= 0.6 is 11.3 Å². The zero-order valence-corrected chi connectivity index (χ0v) is 18.2. The molecule has 1 saturated heterocycles. The van der Waals surface area contributed by atoms with E-state index < -0.39 is 0 Å². The van der Waals surface area contributed by atoms with Gasteiger partial charge in [0.1, 0.15) is 12.1 Å². The summed E-state index contributed by atoms with van der Waals surface area (Å²) >= 11 is 1.67. The minimum atomic E-state index is 0.200. The lowest BCUT2D eigenvalue weighted by Crippen LogP contribution is -2.31. The van der Waals surface area contributed by atoms with Crippen LogP contribution in [0.3, 0.4) is 0 Å². The fraction of sp³-hybridized carbons (Fsp3) is 0.280. The molecule has 158 valence electrons. The topological polar surface area (TPSA) is 61.3 Å². The summed E-state index contributed by atoms with van der Waals surface area (Å²) in [5.41, 5.74) is 4.12. The highest BCUT2D eigenvalue weighted by Crippen LogP contribution is 2.37. The van der Waals surface area contributed by atoms with E-state index in [4.69, 9.17) is 0 Å². The Kier molecular flexibility index (Phi) is 5.82. The van der Waals surface area contributed by atoms with Gasteiger partial charge in [0.25, 0.3) is 0 Å². The molecule has 0 unspecified atom stereocenters. The van der Waals surface area contributed by atoms with Crippen LogP contribution < -0.4 is 5.32 Å². The fourth-order valence-electron chi connectivity index (χ4n) is 4.10. The Labute approximate surface area is 186 Å². The lowest BCUT2D eigenvalue weighted by molar-refractivity contribution is 0.231. The molecule has 6 heteroatoms. The molecule has 0 aliphatic carbocycles. The molecule has 0 radical (unpaired) electrons. The third-order valence-corrected chi connectivity index (χ3v) is 7.05. The average Bonchev–Trinajstić information content (AvgIpc) is 3.26. The van der Waals surface area contributed by atoms with Gasteiger partial charge in [-0.3, -0.25) is 0 Å². The van der Waals surface area contributed by atoms with Gasteiger partial charge in [0.05, 0.1) is 15.9 Å². The van der Waals surface area contributed by atoms with Crippen LogP contribution in [-0.4, -0.2) is 39.6 Å². The van der Waals surface area contributed by atoms with Gasteiger partial charge in [-0.2, -0.15) is 0 Å². The van der Waals surface area contributed by atoms with Crippen molar-refractivity contribution in [3.63, 3.8) is 0 Å². The maximum Gasteiger partial charge on any atom is 0.151 e. The number of aromatic nitrogens is 2. The van der Waals surface area contributed by atoms with Gasteiger partial charge < -0.3 is 15.3 Å². The van der Waals surface area contributed by atoms with E-state index >= 15 is 0 Å². The first-order valence-electron chi connectivity index (χ1n) is 10.9. The number of fused-ring (bicyclic) bond motifs is 1. The number of likely N-dealkylation sites (tertiary alicyclic amines) is 1. The molecule has 5 rings (SSSR count). The van der Waals surface area contributed by atoms with Gasteiger partial charge in [-0.1, -0.05) is 42.8 Å². The summed E-state index contributed by atoms with van der Waals surface area (Å²) in [6.45, 7) is 3.65. The Morgan fingerprint density at radius 2 is 1.77 bits per heavy atom. The number of phenolic OH excluding ortho intramolecular Hbond substituents is 1. The predicted octanol–water partition coefficient (Wildman–Crippen LogP) is 5.84. The number of thiophene rings is 1. The molecule has 1 aliphatic rings. The molecule has 5 nitrogen and oxygen atoms in total. The molecule has 0 bridgehead atoms. The van der Waals surface area contributed by atoms with Crippen LogP contribution in [0.2, 0.25) is 0 Å². The van der Waals surface area contributed by atoms with Crippen LogP contribution in [0.25, 0.3) is 20.7 Å². The monoisotopic (exact) mass is 430 g/mol. The molecule has 0 amide bonds. The Morgan fingerprint density at radius 1 is 0.968 bits per heavy atom. The lowest BCUT2D eigenvalue weighted by atomic mass is 10.1. The van der Waals surface area contributed by atoms with E-state index in [0.717, 1.165) is 23.2 Å². The van der Waals surface area contributed by atoms with Crippen molar-refractivity contribution in [3.05, 3.63) is 66.5 Å². The largest absolute Gasteiger partial charge is 0.506 e. The molecule has 2 N–H and O–H groups in total. The van der Waals surface area contributed by atoms with Crippen LogP contribution in [0.5, 0.6) is 5.75 Å². The zero-order valence-electron chi connectivity index (χ0n) is 17.4. The number of piperidine rings is 1. The third kappa shape index (κ3) is 4.55. The van der Waals surface area contributed by atoms with Gasteiger partial charge in [-0.05, 0) is 61.7 Å². The summed E-state index contributed by atoms with van der Waals surface area (Å²) in [7, 11) is 0. The van der Waals surface area contributed by atoms with E-state index in [1.54, 1.807) is 29.8 Å². The third-order valence-electron chi connectivity index (χ3n) is 5.87. The number of hydrogen-bond donors (Lipinski definition) is 2. The SMILES string of the molecule is Oc1ccccc1Nc1ncnc2cc(-c3ccc(CCN4CCCCC4)cc3)sc12. The molecule has 2 aromatic heterocycles. The molecular weight excluding hydrogens is 404 g/mol. The maximum absolute atomic E-state index is 10.1. The Hall–Kier alpha value is -2.96. The van der Waals surface area contributed by atoms with Crippen LogP contribution in [-0.2, 0) is 6.42 Å². The lowest BCUT2D eigenvalue weighted by Gasteiger charge is -2.26. The first kappa shape index (κ1) is 20.0. The molecule has 2 aromatic carbocycles.